The van der Waals surface area contributed by atoms with Crippen LogP contribution < -0.4 is 14.8 Å². The molecule has 0 fully saturated rings. The molecule has 1 amide bonds. The lowest BCUT2D eigenvalue weighted by atomic mass is 10.1. The van der Waals surface area contributed by atoms with Crippen LogP contribution in [0, 0.1) is 0 Å². The highest BCUT2D eigenvalue weighted by molar-refractivity contribution is 5.79. The number of nitrogens with one attached hydrogen (secondary N) is 1. The van der Waals surface area contributed by atoms with Crippen LogP contribution in [-0.2, 0) is 17.8 Å². The van der Waals surface area contributed by atoms with E-state index in [4.69, 9.17) is 9.47 Å². The summed E-state index contributed by atoms with van der Waals surface area (Å²) >= 11 is 0. The van der Waals surface area contributed by atoms with Gasteiger partial charge in [0.1, 0.15) is 36.3 Å². The van der Waals surface area contributed by atoms with Gasteiger partial charge in [-0.2, -0.15) is 5.10 Å². The number of hydrogen-bond acceptors (Lipinski definition) is 5. The summed E-state index contributed by atoms with van der Waals surface area (Å²) < 4.78 is 13.1. The molecule has 7 heteroatoms. The SMILES string of the molecule is CCOc1cc2c(cc1CNC(=O)[C@@H](C)n1cncn1)O[C@@H](C)C2. The number of benzene rings is 1. The normalized spacial score (nSPS) is 17.0. The minimum absolute atomic E-state index is 0.127. The van der Waals surface area contributed by atoms with Crippen LogP contribution in [-0.4, -0.2) is 33.4 Å². The zero-order valence-electron chi connectivity index (χ0n) is 14.2. The molecular formula is C17H22N4O3. The molecule has 1 N–H and O–H groups in total. The maximum Gasteiger partial charge on any atom is 0.244 e. The first kappa shape index (κ1) is 16.3. The van der Waals surface area contributed by atoms with E-state index >= 15 is 0 Å². The van der Waals surface area contributed by atoms with Crippen molar-refractivity contribution in [2.75, 3.05) is 6.61 Å². The van der Waals surface area contributed by atoms with E-state index in [-0.39, 0.29) is 12.0 Å². The molecule has 2 heterocycles. The third-order valence-corrected chi connectivity index (χ3v) is 4.04. The molecule has 1 aromatic carbocycles. The number of rotatable bonds is 6. The van der Waals surface area contributed by atoms with Crippen LogP contribution >= 0.6 is 0 Å². The van der Waals surface area contributed by atoms with E-state index in [1.807, 2.05) is 26.0 Å². The number of hydrogen-bond donors (Lipinski definition) is 1. The van der Waals surface area contributed by atoms with Crippen LogP contribution in [0.4, 0.5) is 0 Å². The van der Waals surface area contributed by atoms with Crippen LogP contribution in [0.2, 0.25) is 0 Å². The van der Waals surface area contributed by atoms with Crippen LogP contribution in [0.3, 0.4) is 0 Å². The predicted molar refractivity (Wildman–Crippen MR) is 88.0 cm³/mol. The second-order valence-corrected chi connectivity index (χ2v) is 5.90. The van der Waals surface area contributed by atoms with Gasteiger partial charge in [0.15, 0.2) is 0 Å². The van der Waals surface area contributed by atoms with E-state index in [1.54, 1.807) is 6.92 Å². The molecule has 0 spiro atoms. The van der Waals surface area contributed by atoms with Gasteiger partial charge in [0.25, 0.3) is 0 Å². The van der Waals surface area contributed by atoms with Crippen molar-refractivity contribution in [2.45, 2.75) is 45.9 Å². The molecule has 2 aromatic rings. The lowest BCUT2D eigenvalue weighted by molar-refractivity contribution is -0.124. The molecule has 1 aliphatic heterocycles. The highest BCUT2D eigenvalue weighted by Gasteiger charge is 2.22. The molecule has 0 aliphatic carbocycles. The molecular weight excluding hydrogens is 308 g/mol. The number of ether oxygens (including phenoxy) is 2. The molecule has 24 heavy (non-hydrogen) atoms. The zero-order valence-corrected chi connectivity index (χ0v) is 14.2. The Balaban J connectivity index is 1.72. The lowest BCUT2D eigenvalue weighted by Crippen LogP contribution is -2.31. The third-order valence-electron chi connectivity index (χ3n) is 4.04. The summed E-state index contributed by atoms with van der Waals surface area (Å²) in [6.07, 6.45) is 3.99. The van der Waals surface area contributed by atoms with E-state index in [2.05, 4.69) is 15.4 Å². The van der Waals surface area contributed by atoms with E-state index < -0.39 is 6.04 Å². The van der Waals surface area contributed by atoms with Gasteiger partial charge in [0.2, 0.25) is 5.91 Å². The monoisotopic (exact) mass is 330 g/mol. The lowest BCUT2D eigenvalue weighted by Gasteiger charge is -2.15. The summed E-state index contributed by atoms with van der Waals surface area (Å²) in [5.74, 6) is 1.54. The summed E-state index contributed by atoms with van der Waals surface area (Å²) in [4.78, 5) is 16.2. The number of nitrogens with zero attached hydrogens (tertiary/aromatic N) is 3. The second kappa shape index (κ2) is 6.90. The van der Waals surface area contributed by atoms with Gasteiger partial charge in [-0.25, -0.2) is 9.67 Å². The van der Waals surface area contributed by atoms with Crippen molar-refractivity contribution in [2.24, 2.45) is 0 Å². The predicted octanol–water partition coefficient (Wildman–Crippen LogP) is 1.88. The molecule has 7 nitrogen and oxygen atoms in total. The molecule has 0 radical (unpaired) electrons. The highest BCUT2D eigenvalue weighted by Crippen LogP contribution is 2.35. The fraction of sp³-hybridized carbons (Fsp3) is 0.471. The maximum absolute atomic E-state index is 12.3. The smallest absolute Gasteiger partial charge is 0.244 e. The fourth-order valence-electron chi connectivity index (χ4n) is 2.78. The number of carbonyl (C=O) groups is 1. The summed E-state index contributed by atoms with van der Waals surface area (Å²) in [7, 11) is 0. The largest absolute Gasteiger partial charge is 0.494 e. The maximum atomic E-state index is 12.3. The molecule has 128 valence electrons. The Bertz CT molecular complexity index is 715. The van der Waals surface area contributed by atoms with Crippen LogP contribution in [0.1, 0.15) is 37.9 Å². The van der Waals surface area contributed by atoms with Crippen molar-refractivity contribution >= 4 is 5.91 Å². The minimum Gasteiger partial charge on any atom is -0.494 e. The molecule has 0 bridgehead atoms. The van der Waals surface area contributed by atoms with Gasteiger partial charge < -0.3 is 14.8 Å². The van der Waals surface area contributed by atoms with Crippen LogP contribution in [0.5, 0.6) is 11.5 Å². The van der Waals surface area contributed by atoms with Crippen molar-refractivity contribution in [1.82, 2.24) is 20.1 Å². The summed E-state index contributed by atoms with van der Waals surface area (Å²) in [5, 5.41) is 6.92. The molecule has 3 rings (SSSR count). The molecule has 1 aliphatic rings. The Morgan fingerprint density at radius 1 is 1.54 bits per heavy atom. The summed E-state index contributed by atoms with van der Waals surface area (Å²) in [6.45, 7) is 6.72. The number of amides is 1. The van der Waals surface area contributed by atoms with Gasteiger partial charge in [0, 0.05) is 24.1 Å². The second-order valence-electron chi connectivity index (χ2n) is 5.90. The van der Waals surface area contributed by atoms with E-state index in [1.165, 1.54) is 17.3 Å². The van der Waals surface area contributed by atoms with Crippen LogP contribution in [0.25, 0.3) is 0 Å². The van der Waals surface area contributed by atoms with E-state index in [9.17, 15) is 4.79 Å². The van der Waals surface area contributed by atoms with Crippen LogP contribution in [0.15, 0.2) is 24.8 Å². The van der Waals surface area contributed by atoms with Gasteiger partial charge in [0.05, 0.1) is 6.61 Å². The average Bonchev–Trinajstić information content (AvgIpc) is 3.20. The van der Waals surface area contributed by atoms with Crippen molar-refractivity contribution in [3.8, 4) is 11.5 Å². The Labute approximate surface area is 141 Å². The first-order valence-corrected chi connectivity index (χ1v) is 8.15. The summed E-state index contributed by atoms with van der Waals surface area (Å²) in [5.41, 5.74) is 2.06. The number of carbonyl (C=O) groups excluding carboxylic acids is 1. The minimum atomic E-state index is -0.422. The van der Waals surface area contributed by atoms with Gasteiger partial charge in [-0.3, -0.25) is 4.79 Å². The zero-order chi connectivity index (χ0) is 17.1. The Morgan fingerprint density at radius 2 is 2.38 bits per heavy atom. The Kier molecular flexibility index (Phi) is 4.69. The molecule has 2 atom stereocenters. The fourth-order valence-corrected chi connectivity index (χ4v) is 2.78. The summed E-state index contributed by atoms with van der Waals surface area (Å²) in [6, 6.07) is 3.56. The first-order valence-electron chi connectivity index (χ1n) is 8.15. The van der Waals surface area contributed by atoms with E-state index in [0.29, 0.717) is 13.2 Å². The average molecular weight is 330 g/mol. The quantitative estimate of drug-likeness (QED) is 0.875. The van der Waals surface area contributed by atoms with Gasteiger partial charge >= 0.3 is 0 Å². The molecule has 0 saturated heterocycles. The van der Waals surface area contributed by atoms with Crippen molar-refractivity contribution < 1.29 is 14.3 Å². The number of fused-ring (bicyclic) bond motifs is 1. The first-order chi connectivity index (χ1) is 11.6. The van der Waals surface area contributed by atoms with Crippen molar-refractivity contribution in [3.05, 3.63) is 35.9 Å². The van der Waals surface area contributed by atoms with Gasteiger partial charge in [-0.1, -0.05) is 0 Å². The van der Waals surface area contributed by atoms with Gasteiger partial charge in [-0.15, -0.1) is 0 Å². The molecule has 0 saturated carbocycles. The van der Waals surface area contributed by atoms with Crippen molar-refractivity contribution in [3.63, 3.8) is 0 Å². The van der Waals surface area contributed by atoms with E-state index in [0.717, 1.165) is 29.0 Å². The Morgan fingerprint density at radius 3 is 3.08 bits per heavy atom. The number of aromatic nitrogens is 3. The van der Waals surface area contributed by atoms with Crippen molar-refractivity contribution in [1.29, 1.82) is 0 Å². The molecule has 1 aromatic heterocycles. The Hall–Kier alpha value is -2.57. The topological polar surface area (TPSA) is 78.3 Å². The standard InChI is InChI=1S/C17H22N4O3/c1-4-23-15-6-13-5-11(2)24-16(13)7-14(15)8-19-17(22)12(3)21-10-18-9-20-21/h6-7,9-12H,4-5,8H2,1-3H3,(H,19,22)/t11-,12+/m0/s1. The third kappa shape index (κ3) is 3.34. The van der Waals surface area contributed by atoms with Gasteiger partial charge in [-0.05, 0) is 32.9 Å². The highest BCUT2D eigenvalue weighted by atomic mass is 16.5. The molecule has 0 unspecified atom stereocenters.